The van der Waals surface area contributed by atoms with E-state index in [1.54, 1.807) is 6.92 Å². The summed E-state index contributed by atoms with van der Waals surface area (Å²) in [5.74, 6) is 0.0289. The molecule has 8 nitrogen and oxygen atoms in total. The van der Waals surface area contributed by atoms with Crippen molar-refractivity contribution in [3.63, 3.8) is 0 Å². The van der Waals surface area contributed by atoms with E-state index >= 15 is 0 Å². The third kappa shape index (κ3) is 4.62. The van der Waals surface area contributed by atoms with Gasteiger partial charge in [0.05, 0.1) is 19.0 Å². The Balaban J connectivity index is 1.95. The Bertz CT molecular complexity index is 640. The maximum atomic E-state index is 12.1. The molecule has 1 fully saturated rings. The average Bonchev–Trinajstić information content (AvgIpc) is 2.46. The van der Waals surface area contributed by atoms with Crippen LogP contribution in [0.5, 0.6) is 0 Å². The molecule has 23 heavy (non-hydrogen) atoms. The minimum Gasteiger partial charge on any atom is -0.353 e. The van der Waals surface area contributed by atoms with Crippen molar-refractivity contribution < 1.29 is 9.59 Å². The smallest absolute Gasteiger partial charge is 0.251 e. The second-order valence-electron chi connectivity index (χ2n) is 5.95. The van der Waals surface area contributed by atoms with E-state index in [1.165, 1.54) is 6.07 Å². The Morgan fingerprint density at radius 2 is 2.22 bits per heavy atom. The van der Waals surface area contributed by atoms with Gasteiger partial charge in [-0.3, -0.25) is 19.3 Å². The first-order valence-electron chi connectivity index (χ1n) is 7.74. The highest BCUT2D eigenvalue weighted by molar-refractivity contribution is 5.88. The van der Waals surface area contributed by atoms with Gasteiger partial charge in [0.1, 0.15) is 5.82 Å². The van der Waals surface area contributed by atoms with Crippen molar-refractivity contribution in [2.75, 3.05) is 13.1 Å². The molecule has 2 amide bonds. The zero-order valence-corrected chi connectivity index (χ0v) is 13.7. The Kier molecular flexibility index (Phi) is 5.49. The van der Waals surface area contributed by atoms with Crippen LogP contribution in [-0.4, -0.2) is 51.9 Å². The summed E-state index contributed by atoms with van der Waals surface area (Å²) in [4.78, 5) is 44.3. The Morgan fingerprint density at radius 1 is 1.48 bits per heavy atom. The number of aryl methyl sites for hydroxylation is 1. The molecule has 3 N–H and O–H groups in total. The maximum Gasteiger partial charge on any atom is 0.251 e. The van der Waals surface area contributed by atoms with Crippen LogP contribution in [0.2, 0.25) is 0 Å². The van der Waals surface area contributed by atoms with Crippen LogP contribution in [0.3, 0.4) is 0 Å². The quantitative estimate of drug-likeness (QED) is 0.664. The van der Waals surface area contributed by atoms with Gasteiger partial charge >= 0.3 is 0 Å². The highest BCUT2D eigenvalue weighted by atomic mass is 16.2. The highest BCUT2D eigenvalue weighted by Gasteiger charge is 2.32. The summed E-state index contributed by atoms with van der Waals surface area (Å²) < 4.78 is 0. The number of aromatic amines is 1. The minimum atomic E-state index is -0.465. The summed E-state index contributed by atoms with van der Waals surface area (Å²) in [5.41, 5.74) is 0.343. The molecule has 1 unspecified atom stereocenters. The minimum absolute atomic E-state index is 0.0834. The number of H-pyrrole nitrogens is 1. The van der Waals surface area contributed by atoms with Crippen molar-refractivity contribution in [2.45, 2.75) is 45.8 Å². The summed E-state index contributed by atoms with van der Waals surface area (Å²) >= 11 is 0. The Morgan fingerprint density at radius 3 is 2.87 bits per heavy atom. The number of nitrogens with zero attached hydrogens (tertiary/aromatic N) is 2. The molecule has 1 aliphatic heterocycles. The molecule has 0 spiro atoms. The van der Waals surface area contributed by atoms with Gasteiger partial charge in [0.15, 0.2) is 0 Å². The molecule has 126 valence electrons. The van der Waals surface area contributed by atoms with Crippen LogP contribution >= 0.6 is 0 Å². The fraction of sp³-hybridized carbons (Fsp3) is 0.600. The Hall–Kier alpha value is -2.22. The fourth-order valence-corrected chi connectivity index (χ4v) is 2.72. The predicted octanol–water partition coefficient (Wildman–Crippen LogP) is -0.707. The van der Waals surface area contributed by atoms with Crippen LogP contribution in [0.15, 0.2) is 10.9 Å². The number of hydrogen-bond acceptors (Lipinski definition) is 5. The molecule has 1 atom stereocenters. The van der Waals surface area contributed by atoms with Crippen LogP contribution in [0.1, 0.15) is 31.8 Å². The summed E-state index contributed by atoms with van der Waals surface area (Å²) in [7, 11) is 0. The van der Waals surface area contributed by atoms with Gasteiger partial charge in [-0.05, 0) is 20.8 Å². The van der Waals surface area contributed by atoms with Crippen molar-refractivity contribution in [3.8, 4) is 0 Å². The summed E-state index contributed by atoms with van der Waals surface area (Å²) in [5, 5.41) is 5.49. The molecule has 0 aromatic carbocycles. The molecule has 0 saturated carbocycles. The van der Waals surface area contributed by atoms with Gasteiger partial charge in [-0.1, -0.05) is 0 Å². The van der Waals surface area contributed by atoms with Gasteiger partial charge in [-0.25, -0.2) is 4.98 Å². The van der Waals surface area contributed by atoms with Crippen LogP contribution in [0.4, 0.5) is 0 Å². The first-order chi connectivity index (χ1) is 10.9. The highest BCUT2D eigenvalue weighted by Crippen LogP contribution is 2.12. The molecular formula is C15H23N5O3. The molecule has 1 aromatic heterocycles. The van der Waals surface area contributed by atoms with Gasteiger partial charge in [0.25, 0.3) is 5.56 Å². The number of rotatable bonds is 5. The standard InChI is InChI=1S/C15H23N5O3/c1-9(2)20-5-4-16-15(23)11(20)7-13(21)17-8-12-18-10(3)6-14(22)19-12/h6,9,11H,4-5,7-8H2,1-3H3,(H,16,23)(H,17,21)(H,18,19,22). The van der Waals surface area contributed by atoms with E-state index < -0.39 is 6.04 Å². The molecule has 0 radical (unpaired) electrons. The second kappa shape index (κ2) is 7.36. The molecule has 1 aliphatic rings. The number of amides is 2. The molecule has 1 aromatic rings. The van der Waals surface area contributed by atoms with Crippen molar-refractivity contribution in [1.29, 1.82) is 0 Å². The van der Waals surface area contributed by atoms with Crippen molar-refractivity contribution in [2.24, 2.45) is 0 Å². The molecule has 2 heterocycles. The number of carbonyl (C=O) groups is 2. The molecule has 0 bridgehead atoms. The molecular weight excluding hydrogens is 298 g/mol. The third-order valence-corrected chi connectivity index (χ3v) is 3.79. The van der Waals surface area contributed by atoms with E-state index in [0.717, 1.165) is 6.54 Å². The van der Waals surface area contributed by atoms with Crippen LogP contribution in [-0.2, 0) is 16.1 Å². The lowest BCUT2D eigenvalue weighted by molar-refractivity contribution is -0.134. The van der Waals surface area contributed by atoms with Crippen molar-refractivity contribution >= 4 is 11.8 Å². The van der Waals surface area contributed by atoms with Crippen molar-refractivity contribution in [3.05, 3.63) is 27.9 Å². The SMILES string of the molecule is Cc1cc(=O)[nH]c(CNC(=O)CC2C(=O)NCCN2C(C)C)n1. The lowest BCUT2D eigenvalue weighted by Crippen LogP contribution is -2.58. The summed E-state index contributed by atoms with van der Waals surface area (Å²) in [6.07, 6.45) is 0.0834. The van der Waals surface area contributed by atoms with Gasteiger partial charge < -0.3 is 15.6 Å². The molecule has 8 heteroatoms. The third-order valence-electron chi connectivity index (χ3n) is 3.79. The zero-order valence-electron chi connectivity index (χ0n) is 13.7. The topological polar surface area (TPSA) is 107 Å². The van der Waals surface area contributed by atoms with Crippen LogP contribution in [0.25, 0.3) is 0 Å². The number of aromatic nitrogens is 2. The molecule has 1 saturated heterocycles. The largest absolute Gasteiger partial charge is 0.353 e. The van der Waals surface area contributed by atoms with Crippen LogP contribution in [0, 0.1) is 6.92 Å². The number of piperazine rings is 1. The van der Waals surface area contributed by atoms with Gasteiger partial charge in [-0.15, -0.1) is 0 Å². The fourth-order valence-electron chi connectivity index (χ4n) is 2.72. The zero-order chi connectivity index (χ0) is 17.0. The first-order valence-corrected chi connectivity index (χ1v) is 7.74. The molecule has 0 aliphatic carbocycles. The maximum absolute atomic E-state index is 12.1. The summed E-state index contributed by atoms with van der Waals surface area (Å²) in [6.45, 7) is 7.19. The monoisotopic (exact) mass is 321 g/mol. The predicted molar refractivity (Wildman–Crippen MR) is 84.7 cm³/mol. The van der Waals surface area contributed by atoms with E-state index in [1.807, 2.05) is 18.7 Å². The summed E-state index contributed by atoms with van der Waals surface area (Å²) in [6, 6.07) is 1.11. The molecule has 2 rings (SSSR count). The Labute approximate surface area is 134 Å². The lowest BCUT2D eigenvalue weighted by atomic mass is 10.1. The average molecular weight is 321 g/mol. The van der Waals surface area contributed by atoms with Gasteiger partial charge in [-0.2, -0.15) is 0 Å². The number of carbonyl (C=O) groups excluding carboxylic acids is 2. The van der Waals surface area contributed by atoms with E-state index in [2.05, 4.69) is 20.6 Å². The van der Waals surface area contributed by atoms with E-state index in [4.69, 9.17) is 0 Å². The van der Waals surface area contributed by atoms with E-state index in [9.17, 15) is 14.4 Å². The normalized spacial score (nSPS) is 18.8. The van der Waals surface area contributed by atoms with Gasteiger partial charge in [0.2, 0.25) is 11.8 Å². The number of nitrogens with one attached hydrogen (secondary N) is 3. The van der Waals surface area contributed by atoms with E-state index in [-0.39, 0.29) is 36.4 Å². The van der Waals surface area contributed by atoms with Gasteiger partial charge in [0, 0.05) is 30.9 Å². The van der Waals surface area contributed by atoms with Crippen molar-refractivity contribution in [1.82, 2.24) is 25.5 Å². The first kappa shape index (κ1) is 17.1. The van der Waals surface area contributed by atoms with E-state index in [0.29, 0.717) is 18.1 Å². The second-order valence-corrected chi connectivity index (χ2v) is 5.95. The van der Waals surface area contributed by atoms with Crippen LogP contribution < -0.4 is 16.2 Å². The lowest BCUT2D eigenvalue weighted by Gasteiger charge is -2.37. The number of hydrogen-bond donors (Lipinski definition) is 3.